The molecule has 33 heavy (non-hydrogen) atoms. The third-order valence-corrected chi connectivity index (χ3v) is 5.07. The highest BCUT2D eigenvalue weighted by Gasteiger charge is 2.36. The molecule has 0 spiro atoms. The van der Waals surface area contributed by atoms with E-state index in [9.17, 15) is 31.1 Å². The van der Waals surface area contributed by atoms with E-state index in [1.807, 2.05) is 0 Å². The van der Waals surface area contributed by atoms with Gasteiger partial charge in [-0.2, -0.15) is 13.2 Å². The van der Waals surface area contributed by atoms with Gasteiger partial charge in [0.2, 0.25) is 5.82 Å². The van der Waals surface area contributed by atoms with E-state index in [-0.39, 0.29) is 48.7 Å². The van der Waals surface area contributed by atoms with Gasteiger partial charge in [0.15, 0.2) is 17.5 Å². The van der Waals surface area contributed by atoms with E-state index in [4.69, 9.17) is 5.11 Å². The molecule has 0 unspecified atom stereocenters. The van der Waals surface area contributed by atoms with Crippen LogP contribution in [0.4, 0.5) is 31.1 Å². The molecule has 2 N–H and O–H groups in total. The van der Waals surface area contributed by atoms with E-state index in [1.165, 1.54) is 4.57 Å². The number of hydrogen-bond donors (Lipinski definition) is 2. The fourth-order valence-corrected chi connectivity index (χ4v) is 3.60. The molecule has 14 heteroatoms. The van der Waals surface area contributed by atoms with Crippen LogP contribution in [0.15, 0.2) is 18.3 Å². The first-order valence-electron chi connectivity index (χ1n) is 9.51. The minimum atomic E-state index is -4.76. The summed E-state index contributed by atoms with van der Waals surface area (Å²) in [5.41, 5.74) is 0.133. The largest absolute Gasteiger partial charge is 0.465 e. The Morgan fingerprint density at radius 3 is 2.55 bits per heavy atom. The van der Waals surface area contributed by atoms with Crippen molar-refractivity contribution in [2.75, 3.05) is 0 Å². The second-order valence-electron chi connectivity index (χ2n) is 7.32. The fourth-order valence-electron chi connectivity index (χ4n) is 3.60. The lowest BCUT2D eigenvalue weighted by atomic mass is 10.0. The van der Waals surface area contributed by atoms with Gasteiger partial charge in [0.1, 0.15) is 17.3 Å². The van der Waals surface area contributed by atoms with Crippen molar-refractivity contribution in [2.24, 2.45) is 0 Å². The third kappa shape index (κ3) is 4.59. The number of rotatable bonds is 5. The Bertz CT molecular complexity index is 1230. The number of fused-ring (bicyclic) bond motifs is 3. The smallest absolute Gasteiger partial charge is 0.451 e. The Hall–Kier alpha value is -3.71. The van der Waals surface area contributed by atoms with Crippen LogP contribution in [0.3, 0.4) is 0 Å². The predicted molar refractivity (Wildman–Crippen MR) is 98.4 cm³/mol. The van der Waals surface area contributed by atoms with Crippen LogP contribution in [0.25, 0.3) is 11.5 Å². The van der Waals surface area contributed by atoms with Crippen molar-refractivity contribution in [3.63, 3.8) is 0 Å². The monoisotopic (exact) mass is 472 g/mol. The zero-order valence-corrected chi connectivity index (χ0v) is 16.5. The maximum atomic E-state index is 14.1. The molecule has 8 nitrogen and oxygen atoms in total. The first-order valence-corrected chi connectivity index (χ1v) is 9.51. The third-order valence-electron chi connectivity index (χ3n) is 5.07. The van der Waals surface area contributed by atoms with Gasteiger partial charge in [-0.25, -0.2) is 27.9 Å². The number of aromatic nitrogens is 5. The number of halogens is 6. The van der Waals surface area contributed by atoms with Crippen LogP contribution < -0.4 is 5.32 Å². The first kappa shape index (κ1) is 22.5. The lowest BCUT2D eigenvalue weighted by Crippen LogP contribution is -2.38. The van der Waals surface area contributed by atoms with Crippen molar-refractivity contribution in [3.8, 4) is 11.5 Å². The number of carbonyl (C=O) groups is 1. The summed E-state index contributed by atoms with van der Waals surface area (Å²) in [6, 6.07) is -0.0319. The van der Waals surface area contributed by atoms with Crippen LogP contribution in [0.1, 0.15) is 22.8 Å². The molecule has 0 aliphatic carbocycles. The number of nitrogens with zero attached hydrogens (tertiary/aromatic N) is 5. The minimum Gasteiger partial charge on any atom is -0.465 e. The molecule has 0 saturated heterocycles. The quantitative estimate of drug-likeness (QED) is 0.437. The Morgan fingerprint density at radius 1 is 1.12 bits per heavy atom. The Labute approximate surface area is 181 Å². The van der Waals surface area contributed by atoms with Gasteiger partial charge in [-0.3, -0.25) is 0 Å². The molecule has 2 aromatic heterocycles. The minimum absolute atomic E-state index is 0.0447. The van der Waals surface area contributed by atoms with Gasteiger partial charge in [0, 0.05) is 36.8 Å². The van der Waals surface area contributed by atoms with Crippen LogP contribution in [0.2, 0.25) is 0 Å². The topological polar surface area (TPSA) is 106 Å². The first-order chi connectivity index (χ1) is 15.5. The lowest BCUT2D eigenvalue weighted by molar-refractivity contribution is -0.144. The van der Waals surface area contributed by atoms with Gasteiger partial charge in [-0.15, -0.1) is 10.2 Å². The molecule has 1 atom stereocenters. The molecule has 0 radical (unpaired) electrons. The molecule has 1 aromatic carbocycles. The number of hydrogen-bond acceptors (Lipinski definition) is 5. The van der Waals surface area contributed by atoms with Gasteiger partial charge in [0.25, 0.3) is 0 Å². The molecule has 1 aliphatic heterocycles. The number of benzene rings is 1. The average molecular weight is 472 g/mol. The normalized spacial score (nSPS) is 13.9. The van der Waals surface area contributed by atoms with E-state index in [0.717, 1.165) is 6.20 Å². The van der Waals surface area contributed by atoms with Crippen molar-refractivity contribution >= 4 is 6.09 Å². The highest BCUT2D eigenvalue weighted by molar-refractivity contribution is 5.65. The van der Waals surface area contributed by atoms with Crippen molar-refractivity contribution < 1.29 is 36.2 Å². The number of aryl methyl sites for hydroxylation is 1. The summed E-state index contributed by atoms with van der Waals surface area (Å²) in [6.45, 7) is 0.263. The molecule has 0 bridgehead atoms. The average Bonchev–Trinajstić information content (AvgIpc) is 3.13. The second kappa shape index (κ2) is 8.33. The van der Waals surface area contributed by atoms with Crippen LogP contribution in [-0.2, 0) is 32.0 Å². The molecular weight excluding hydrogens is 458 g/mol. The lowest BCUT2D eigenvalue weighted by Gasteiger charge is -2.21. The SMILES string of the molecule is O=C(O)N[C@H](Cc1cc(F)c(F)cc1F)Cc1nnc2n1CCc1cnc(C(F)(F)F)nc1-2. The highest BCUT2D eigenvalue weighted by atomic mass is 19.4. The molecule has 4 rings (SSSR count). The molecule has 3 aromatic rings. The summed E-state index contributed by atoms with van der Waals surface area (Å²) in [5.74, 6) is -4.82. The number of alkyl halides is 3. The Kier molecular flexibility index (Phi) is 5.68. The predicted octanol–water partition coefficient (Wildman–Crippen LogP) is 3.15. The molecule has 174 valence electrons. The van der Waals surface area contributed by atoms with Gasteiger partial charge in [-0.1, -0.05) is 0 Å². The number of amides is 1. The van der Waals surface area contributed by atoms with E-state index in [1.54, 1.807) is 0 Å². The fraction of sp³-hybridized carbons (Fsp3) is 0.316. The van der Waals surface area contributed by atoms with Gasteiger partial charge < -0.3 is 15.0 Å². The van der Waals surface area contributed by atoms with Crippen molar-refractivity contribution in [3.05, 3.63) is 58.6 Å². The summed E-state index contributed by atoms with van der Waals surface area (Å²) in [5, 5.41) is 19.1. The van der Waals surface area contributed by atoms with E-state index in [0.29, 0.717) is 17.7 Å². The maximum absolute atomic E-state index is 14.1. The second-order valence-corrected chi connectivity index (χ2v) is 7.32. The summed E-state index contributed by atoms with van der Waals surface area (Å²) in [7, 11) is 0. The van der Waals surface area contributed by atoms with Gasteiger partial charge >= 0.3 is 12.3 Å². The molecule has 0 saturated carbocycles. The maximum Gasteiger partial charge on any atom is 0.451 e. The zero-order valence-electron chi connectivity index (χ0n) is 16.5. The zero-order chi connectivity index (χ0) is 23.9. The molecule has 1 amide bonds. The van der Waals surface area contributed by atoms with E-state index >= 15 is 0 Å². The van der Waals surface area contributed by atoms with Crippen LogP contribution in [-0.4, -0.2) is 42.0 Å². The standard InChI is InChI=1S/C19H14F6N6O2/c20-11-6-13(22)12(21)4-9(11)3-10(27-18(32)33)5-14-29-30-16-15-8(1-2-31(14)16)7-26-17(28-15)19(23,24)25/h4,6-7,10,27H,1-3,5H2,(H,32,33)/t10-/m1/s1. The van der Waals surface area contributed by atoms with Crippen molar-refractivity contribution in [1.29, 1.82) is 0 Å². The highest BCUT2D eigenvalue weighted by Crippen LogP contribution is 2.31. The van der Waals surface area contributed by atoms with Crippen LogP contribution >= 0.6 is 0 Å². The Balaban J connectivity index is 1.64. The number of nitrogens with one attached hydrogen (secondary N) is 1. The molecule has 3 heterocycles. The Morgan fingerprint density at radius 2 is 1.85 bits per heavy atom. The van der Waals surface area contributed by atoms with E-state index in [2.05, 4.69) is 25.5 Å². The number of carboxylic acid groups (broad SMARTS) is 1. The summed E-state index contributed by atoms with van der Waals surface area (Å²) in [6.07, 6.45) is -5.34. The van der Waals surface area contributed by atoms with Crippen molar-refractivity contribution in [1.82, 2.24) is 30.0 Å². The van der Waals surface area contributed by atoms with Crippen LogP contribution in [0.5, 0.6) is 0 Å². The summed E-state index contributed by atoms with van der Waals surface area (Å²) >= 11 is 0. The molecule has 0 fully saturated rings. The summed E-state index contributed by atoms with van der Waals surface area (Å²) < 4.78 is 81.3. The van der Waals surface area contributed by atoms with Crippen LogP contribution in [0, 0.1) is 17.5 Å². The van der Waals surface area contributed by atoms with Crippen molar-refractivity contribution in [2.45, 2.75) is 38.0 Å². The molecule has 1 aliphatic rings. The van der Waals surface area contributed by atoms with Gasteiger partial charge in [-0.05, 0) is 24.5 Å². The molecular formula is C19H14F6N6O2. The summed E-state index contributed by atoms with van der Waals surface area (Å²) in [4.78, 5) is 18.1. The van der Waals surface area contributed by atoms with Gasteiger partial charge in [0.05, 0.1) is 0 Å². The van der Waals surface area contributed by atoms with E-state index < -0.39 is 41.6 Å².